The van der Waals surface area contributed by atoms with Crippen molar-refractivity contribution < 1.29 is 103 Å². The molecule has 13 nitrogen and oxygen atoms in total. The predicted molar refractivity (Wildman–Crippen MR) is 106 cm³/mol. The average molecular weight is 547 g/mol. The standard InChI is InChI=1S/C16H13N3O10S3.2Na/c17-15-14-8(5-11(7-12(14)20)31(24,25)26)6-13(32(27,28)29)16(15)19-18-9-1-3-10(4-2-9)30(21,22)23;;/h1-7,20H,17H2,(H,21,22,23)(H,24,25,26)(H,27,28,29);;/q;2*+1/p-2. The van der Waals surface area contributed by atoms with Crippen molar-refractivity contribution in [3.63, 3.8) is 0 Å². The molecule has 0 heterocycles. The van der Waals surface area contributed by atoms with E-state index < -0.39 is 62.2 Å². The first-order chi connectivity index (χ1) is 14.6. The zero-order valence-electron chi connectivity index (χ0n) is 17.4. The summed E-state index contributed by atoms with van der Waals surface area (Å²) in [4.78, 5) is -2.34. The van der Waals surface area contributed by atoms with Gasteiger partial charge in [0, 0.05) is 5.39 Å². The third-order valence-corrected chi connectivity index (χ3v) is 6.65. The van der Waals surface area contributed by atoms with Gasteiger partial charge < -0.3 is 19.9 Å². The maximum Gasteiger partial charge on any atom is 1.00 e. The van der Waals surface area contributed by atoms with Gasteiger partial charge in [0.15, 0.2) is 0 Å². The van der Waals surface area contributed by atoms with Gasteiger partial charge in [-0.1, -0.05) is 0 Å². The van der Waals surface area contributed by atoms with Crippen LogP contribution in [0, 0.1) is 0 Å². The summed E-state index contributed by atoms with van der Waals surface area (Å²) in [5, 5.41) is 16.8. The Bertz CT molecular complexity index is 1610. The van der Waals surface area contributed by atoms with E-state index in [1.54, 1.807) is 0 Å². The fourth-order valence-electron chi connectivity index (χ4n) is 2.72. The molecule has 0 spiro atoms. The summed E-state index contributed by atoms with van der Waals surface area (Å²) in [6, 6.07) is 6.19. The van der Waals surface area contributed by atoms with Crippen LogP contribution in [-0.4, -0.2) is 44.0 Å². The van der Waals surface area contributed by atoms with Crippen molar-refractivity contribution in [1.29, 1.82) is 0 Å². The molecule has 0 aliphatic rings. The maximum atomic E-state index is 11.7. The Labute approximate surface area is 237 Å². The molecule has 0 unspecified atom stereocenters. The molecule has 0 aliphatic carbocycles. The van der Waals surface area contributed by atoms with Crippen molar-refractivity contribution in [1.82, 2.24) is 0 Å². The minimum Gasteiger partial charge on any atom is -0.744 e. The number of nitrogen functional groups attached to an aromatic ring is 1. The van der Waals surface area contributed by atoms with Gasteiger partial charge in [-0.05, 0) is 47.9 Å². The molecule has 3 rings (SSSR count). The van der Waals surface area contributed by atoms with E-state index in [1.165, 1.54) is 0 Å². The van der Waals surface area contributed by atoms with Crippen LogP contribution in [0.3, 0.4) is 0 Å². The van der Waals surface area contributed by atoms with Crippen LogP contribution in [0.2, 0.25) is 0 Å². The number of nitrogens with two attached hydrogens (primary N) is 1. The van der Waals surface area contributed by atoms with Crippen LogP contribution in [0.5, 0.6) is 5.75 Å². The van der Waals surface area contributed by atoms with E-state index >= 15 is 0 Å². The number of benzene rings is 3. The molecular formula is C16H11N3Na2O10S3. The van der Waals surface area contributed by atoms with Crippen molar-refractivity contribution >= 4 is 58.2 Å². The molecule has 170 valence electrons. The van der Waals surface area contributed by atoms with Crippen LogP contribution < -0.4 is 64.8 Å². The van der Waals surface area contributed by atoms with Crippen molar-refractivity contribution in [3.8, 4) is 5.75 Å². The van der Waals surface area contributed by atoms with Gasteiger partial charge in [0.05, 0.1) is 26.1 Å². The van der Waals surface area contributed by atoms with Crippen LogP contribution in [0.15, 0.2) is 67.4 Å². The molecule has 0 bridgehead atoms. The van der Waals surface area contributed by atoms with Gasteiger partial charge in [-0.2, -0.15) is 13.5 Å². The predicted octanol–water partition coefficient (Wildman–Crippen LogP) is -4.39. The molecule has 0 atom stereocenters. The van der Waals surface area contributed by atoms with E-state index in [0.29, 0.717) is 12.1 Å². The largest absolute Gasteiger partial charge is 1.00 e. The molecule has 18 heteroatoms. The average Bonchev–Trinajstić information content (AvgIpc) is 2.64. The number of nitrogens with zero attached hydrogens (tertiary/aromatic N) is 2. The van der Waals surface area contributed by atoms with Crippen LogP contribution in [0.25, 0.3) is 10.8 Å². The van der Waals surface area contributed by atoms with E-state index in [0.717, 1.165) is 30.3 Å². The summed E-state index contributed by atoms with van der Waals surface area (Å²) >= 11 is 0. The summed E-state index contributed by atoms with van der Waals surface area (Å²) in [5.41, 5.74) is 4.61. The van der Waals surface area contributed by atoms with Gasteiger partial charge in [0.1, 0.15) is 31.7 Å². The SMILES string of the molecule is Nc1c(N=Nc2ccc(S(=O)(=O)O)cc2)c(S(=O)(=O)[O-])cc2cc(S(=O)(=O)[O-])cc(O)c12.[Na+].[Na+]. The number of phenols is 1. The fourth-order valence-corrected chi connectivity index (χ4v) is 4.39. The van der Waals surface area contributed by atoms with Crippen molar-refractivity contribution in [2.75, 3.05) is 5.73 Å². The van der Waals surface area contributed by atoms with E-state index in [2.05, 4.69) is 10.2 Å². The minimum absolute atomic E-state index is 0. The van der Waals surface area contributed by atoms with Crippen molar-refractivity contribution in [2.45, 2.75) is 14.7 Å². The smallest absolute Gasteiger partial charge is 0.744 e. The Morgan fingerprint density at radius 3 is 1.82 bits per heavy atom. The summed E-state index contributed by atoms with van der Waals surface area (Å²) < 4.78 is 100. The second kappa shape index (κ2) is 10.9. The molecule has 34 heavy (non-hydrogen) atoms. The first-order valence-electron chi connectivity index (χ1n) is 8.09. The van der Waals surface area contributed by atoms with E-state index in [4.69, 9.17) is 10.3 Å². The summed E-state index contributed by atoms with van der Waals surface area (Å²) in [6.45, 7) is 0. The van der Waals surface area contributed by atoms with Gasteiger partial charge in [-0.25, -0.2) is 16.8 Å². The Morgan fingerprint density at radius 1 is 0.794 bits per heavy atom. The zero-order chi connectivity index (χ0) is 24.1. The molecule has 0 saturated carbocycles. The molecule has 0 fully saturated rings. The van der Waals surface area contributed by atoms with Crippen molar-refractivity contribution in [3.05, 3.63) is 42.5 Å². The topological polar surface area (TPSA) is 240 Å². The number of aromatic hydroxyl groups is 1. The van der Waals surface area contributed by atoms with E-state index in [-0.39, 0.29) is 75.6 Å². The third-order valence-electron chi connectivity index (χ3n) is 4.12. The van der Waals surface area contributed by atoms with Gasteiger partial charge in [0.2, 0.25) is 0 Å². The van der Waals surface area contributed by atoms with Gasteiger partial charge in [-0.15, -0.1) is 5.11 Å². The number of hydrogen-bond acceptors (Lipinski definition) is 12. The molecular weight excluding hydrogens is 536 g/mol. The number of rotatable bonds is 5. The second-order valence-electron chi connectivity index (χ2n) is 6.25. The molecule has 0 radical (unpaired) electrons. The fraction of sp³-hybridized carbons (Fsp3) is 0. The first kappa shape index (κ1) is 30.9. The van der Waals surface area contributed by atoms with Crippen LogP contribution in [0.1, 0.15) is 0 Å². The third kappa shape index (κ3) is 6.74. The Balaban J connectivity index is 0.00000289. The molecule has 0 saturated heterocycles. The van der Waals surface area contributed by atoms with Crippen LogP contribution in [-0.2, 0) is 30.4 Å². The molecule has 0 aromatic heterocycles. The molecule has 3 aromatic rings. The molecule has 0 amide bonds. The number of phenolic OH excluding ortho intramolecular Hbond substituents is 1. The Kier molecular flexibility index (Phi) is 9.86. The van der Waals surface area contributed by atoms with Crippen LogP contribution in [0.4, 0.5) is 17.1 Å². The number of hydrogen-bond donors (Lipinski definition) is 3. The van der Waals surface area contributed by atoms with Crippen molar-refractivity contribution in [2.24, 2.45) is 10.2 Å². The van der Waals surface area contributed by atoms with Crippen LogP contribution >= 0.6 is 0 Å². The normalized spacial score (nSPS) is 12.3. The summed E-state index contributed by atoms with van der Waals surface area (Å²) in [5.74, 6) is -0.793. The van der Waals surface area contributed by atoms with E-state index in [1.807, 2.05) is 0 Å². The monoisotopic (exact) mass is 547 g/mol. The summed E-state index contributed by atoms with van der Waals surface area (Å²) in [6.07, 6.45) is 0. The number of anilines is 1. The Hall–Kier alpha value is -1.15. The molecule has 0 aliphatic heterocycles. The second-order valence-corrected chi connectivity index (χ2v) is 10.4. The quantitative estimate of drug-likeness (QED) is 0.119. The Morgan fingerprint density at radius 2 is 1.35 bits per heavy atom. The zero-order valence-corrected chi connectivity index (χ0v) is 23.8. The summed E-state index contributed by atoms with van der Waals surface area (Å²) in [7, 11) is -14.7. The first-order valence-corrected chi connectivity index (χ1v) is 12.3. The molecule has 3 aromatic carbocycles. The molecule has 4 N–H and O–H groups in total. The number of azo groups is 1. The number of fused-ring (bicyclic) bond motifs is 1. The van der Waals surface area contributed by atoms with Gasteiger partial charge in [0.25, 0.3) is 10.1 Å². The maximum absolute atomic E-state index is 11.7. The van der Waals surface area contributed by atoms with Gasteiger partial charge >= 0.3 is 59.1 Å². The van der Waals surface area contributed by atoms with E-state index in [9.17, 15) is 39.5 Å². The minimum atomic E-state index is -5.24. The van der Waals surface area contributed by atoms with Gasteiger partial charge in [-0.3, -0.25) is 4.55 Å².